The first-order valence-corrected chi connectivity index (χ1v) is 6.33. The predicted molar refractivity (Wildman–Crippen MR) is 76.4 cm³/mol. The van der Waals surface area contributed by atoms with Gasteiger partial charge in [-0.05, 0) is 38.1 Å². The summed E-state index contributed by atoms with van der Waals surface area (Å²) in [6.07, 6.45) is 3.13. The van der Waals surface area contributed by atoms with Crippen LogP contribution in [-0.2, 0) is 0 Å². The lowest BCUT2D eigenvalue weighted by Gasteiger charge is -2.11. The Balaban J connectivity index is 2.87. The summed E-state index contributed by atoms with van der Waals surface area (Å²) >= 11 is 0. The maximum absolute atomic E-state index is 5.63. The van der Waals surface area contributed by atoms with Crippen molar-refractivity contribution in [2.45, 2.75) is 20.3 Å². The van der Waals surface area contributed by atoms with Crippen molar-refractivity contribution in [2.75, 3.05) is 27.3 Å². The zero-order valence-electron chi connectivity index (χ0n) is 11.7. The van der Waals surface area contributed by atoms with E-state index < -0.39 is 0 Å². The van der Waals surface area contributed by atoms with Crippen molar-refractivity contribution < 1.29 is 9.47 Å². The van der Waals surface area contributed by atoms with E-state index in [0.29, 0.717) is 6.61 Å². The van der Waals surface area contributed by atoms with E-state index >= 15 is 0 Å². The summed E-state index contributed by atoms with van der Waals surface area (Å²) in [4.78, 5) is 0. The van der Waals surface area contributed by atoms with Gasteiger partial charge < -0.3 is 14.8 Å². The van der Waals surface area contributed by atoms with Gasteiger partial charge in [0.2, 0.25) is 0 Å². The third kappa shape index (κ3) is 4.41. The van der Waals surface area contributed by atoms with Gasteiger partial charge in [0.15, 0.2) is 11.5 Å². The molecule has 0 fully saturated rings. The highest BCUT2D eigenvalue weighted by Crippen LogP contribution is 2.28. The van der Waals surface area contributed by atoms with Crippen LogP contribution in [0.3, 0.4) is 0 Å². The standard InChI is InChI=1S/C15H23NO2/c1-5-8-18-14-7-6-13(10-15(14)17-4)9-12(2)11-16-3/h6-7,9-10,16H,5,8,11H2,1-4H3. The van der Waals surface area contributed by atoms with E-state index in [1.54, 1.807) is 7.11 Å². The van der Waals surface area contributed by atoms with Gasteiger partial charge in [0.25, 0.3) is 0 Å². The number of nitrogens with one attached hydrogen (secondary N) is 1. The summed E-state index contributed by atoms with van der Waals surface area (Å²) in [5.41, 5.74) is 2.41. The van der Waals surface area contributed by atoms with Crippen LogP contribution in [0.4, 0.5) is 0 Å². The van der Waals surface area contributed by atoms with Crippen LogP contribution in [0.2, 0.25) is 0 Å². The quantitative estimate of drug-likeness (QED) is 0.805. The average molecular weight is 249 g/mol. The smallest absolute Gasteiger partial charge is 0.161 e. The molecule has 1 aromatic carbocycles. The van der Waals surface area contributed by atoms with Gasteiger partial charge in [-0.1, -0.05) is 24.6 Å². The van der Waals surface area contributed by atoms with Gasteiger partial charge in [0, 0.05) is 6.54 Å². The van der Waals surface area contributed by atoms with Gasteiger partial charge in [-0.3, -0.25) is 0 Å². The molecule has 0 aromatic heterocycles. The van der Waals surface area contributed by atoms with Crippen LogP contribution < -0.4 is 14.8 Å². The van der Waals surface area contributed by atoms with Gasteiger partial charge in [-0.15, -0.1) is 0 Å². The Labute approximate surface area is 110 Å². The second kappa shape index (κ2) is 7.77. The number of rotatable bonds is 7. The Morgan fingerprint density at radius 3 is 2.72 bits per heavy atom. The van der Waals surface area contributed by atoms with Crippen LogP contribution in [0.15, 0.2) is 23.8 Å². The molecule has 0 saturated carbocycles. The molecule has 1 rings (SSSR count). The van der Waals surface area contributed by atoms with Crippen molar-refractivity contribution in [3.05, 3.63) is 29.3 Å². The van der Waals surface area contributed by atoms with Gasteiger partial charge in [-0.2, -0.15) is 0 Å². The number of benzene rings is 1. The normalized spacial score (nSPS) is 11.4. The molecule has 0 atom stereocenters. The molecule has 1 N–H and O–H groups in total. The monoisotopic (exact) mass is 249 g/mol. The SMILES string of the molecule is CCCOc1ccc(C=C(C)CNC)cc1OC. The molecule has 0 amide bonds. The summed E-state index contributed by atoms with van der Waals surface area (Å²) in [5, 5.41) is 3.13. The number of likely N-dealkylation sites (N-methyl/N-ethyl adjacent to an activating group) is 1. The molecule has 0 aliphatic rings. The van der Waals surface area contributed by atoms with Gasteiger partial charge in [0.1, 0.15) is 0 Å². The first-order chi connectivity index (χ1) is 8.71. The highest BCUT2D eigenvalue weighted by Gasteiger charge is 2.04. The van der Waals surface area contributed by atoms with Crippen molar-refractivity contribution >= 4 is 6.08 Å². The van der Waals surface area contributed by atoms with E-state index in [-0.39, 0.29) is 0 Å². The van der Waals surface area contributed by atoms with Gasteiger partial charge in [0.05, 0.1) is 13.7 Å². The predicted octanol–water partition coefficient (Wildman–Crippen LogP) is 3.11. The van der Waals surface area contributed by atoms with E-state index in [0.717, 1.165) is 30.0 Å². The van der Waals surface area contributed by atoms with Crippen molar-refractivity contribution in [2.24, 2.45) is 0 Å². The van der Waals surface area contributed by atoms with E-state index in [4.69, 9.17) is 9.47 Å². The number of hydrogen-bond donors (Lipinski definition) is 1. The number of ether oxygens (including phenoxy) is 2. The van der Waals surface area contributed by atoms with E-state index in [1.807, 2.05) is 25.2 Å². The van der Waals surface area contributed by atoms with Crippen LogP contribution in [0, 0.1) is 0 Å². The second-order valence-electron chi connectivity index (χ2n) is 4.28. The Bertz CT molecular complexity index is 399. The third-order valence-electron chi connectivity index (χ3n) is 2.52. The molecule has 0 aliphatic carbocycles. The van der Waals surface area contributed by atoms with Crippen LogP contribution in [0.25, 0.3) is 6.08 Å². The van der Waals surface area contributed by atoms with Crippen LogP contribution in [0.1, 0.15) is 25.8 Å². The molecule has 0 unspecified atom stereocenters. The summed E-state index contributed by atoms with van der Waals surface area (Å²) in [6, 6.07) is 6.02. The largest absolute Gasteiger partial charge is 0.493 e. The molecule has 0 heterocycles. The maximum Gasteiger partial charge on any atom is 0.161 e. The summed E-state index contributed by atoms with van der Waals surface area (Å²) < 4.78 is 11.0. The van der Waals surface area contributed by atoms with E-state index in [2.05, 4.69) is 25.2 Å². The third-order valence-corrected chi connectivity index (χ3v) is 2.52. The lowest BCUT2D eigenvalue weighted by Crippen LogP contribution is -2.08. The zero-order chi connectivity index (χ0) is 13.4. The summed E-state index contributed by atoms with van der Waals surface area (Å²) in [5.74, 6) is 1.59. The second-order valence-corrected chi connectivity index (χ2v) is 4.28. The molecule has 0 saturated heterocycles. The molecular formula is C15H23NO2. The molecule has 0 aliphatic heterocycles. The van der Waals surface area contributed by atoms with Gasteiger partial charge in [-0.25, -0.2) is 0 Å². The Hall–Kier alpha value is -1.48. The Kier molecular flexibility index (Phi) is 6.29. The molecule has 18 heavy (non-hydrogen) atoms. The first-order valence-electron chi connectivity index (χ1n) is 6.33. The average Bonchev–Trinajstić information content (AvgIpc) is 2.37. The maximum atomic E-state index is 5.63. The lowest BCUT2D eigenvalue weighted by atomic mass is 10.1. The molecule has 0 radical (unpaired) electrons. The highest BCUT2D eigenvalue weighted by molar-refractivity contribution is 5.58. The van der Waals surface area contributed by atoms with Crippen LogP contribution in [0.5, 0.6) is 11.5 Å². The van der Waals surface area contributed by atoms with E-state index in [1.165, 1.54) is 5.57 Å². The molecule has 0 spiro atoms. The fraction of sp³-hybridized carbons (Fsp3) is 0.467. The molecular weight excluding hydrogens is 226 g/mol. The molecule has 3 nitrogen and oxygen atoms in total. The molecule has 3 heteroatoms. The summed E-state index contributed by atoms with van der Waals surface area (Å²) in [6.45, 7) is 5.79. The van der Waals surface area contributed by atoms with Crippen molar-refractivity contribution in [1.82, 2.24) is 5.32 Å². The minimum atomic E-state index is 0.713. The zero-order valence-corrected chi connectivity index (χ0v) is 11.7. The molecule has 0 bridgehead atoms. The van der Waals surface area contributed by atoms with Crippen molar-refractivity contribution in [1.29, 1.82) is 0 Å². The molecule has 100 valence electrons. The minimum Gasteiger partial charge on any atom is -0.493 e. The van der Waals surface area contributed by atoms with Crippen molar-refractivity contribution in [3.8, 4) is 11.5 Å². The topological polar surface area (TPSA) is 30.5 Å². The fourth-order valence-corrected chi connectivity index (χ4v) is 1.72. The number of methoxy groups -OCH3 is 1. The van der Waals surface area contributed by atoms with E-state index in [9.17, 15) is 0 Å². The first kappa shape index (κ1) is 14.6. The lowest BCUT2D eigenvalue weighted by molar-refractivity contribution is 0.294. The fourth-order valence-electron chi connectivity index (χ4n) is 1.72. The van der Waals surface area contributed by atoms with Crippen LogP contribution in [-0.4, -0.2) is 27.3 Å². The van der Waals surface area contributed by atoms with Gasteiger partial charge >= 0.3 is 0 Å². The number of hydrogen-bond acceptors (Lipinski definition) is 3. The minimum absolute atomic E-state index is 0.713. The highest BCUT2D eigenvalue weighted by atomic mass is 16.5. The Morgan fingerprint density at radius 2 is 2.11 bits per heavy atom. The van der Waals surface area contributed by atoms with Crippen LogP contribution >= 0.6 is 0 Å². The Morgan fingerprint density at radius 1 is 1.33 bits per heavy atom. The molecule has 1 aromatic rings. The van der Waals surface area contributed by atoms with Crippen molar-refractivity contribution in [3.63, 3.8) is 0 Å². The summed E-state index contributed by atoms with van der Waals surface area (Å²) in [7, 11) is 3.61.